The molecule has 0 aliphatic heterocycles. The van der Waals surface area contributed by atoms with Crippen molar-refractivity contribution in [2.45, 2.75) is 6.92 Å². The van der Waals surface area contributed by atoms with E-state index >= 15 is 0 Å². The van der Waals surface area contributed by atoms with Gasteiger partial charge in [-0.3, -0.25) is 4.79 Å². The maximum absolute atomic E-state index is 10.7. The van der Waals surface area contributed by atoms with Crippen LogP contribution in [0.1, 0.15) is 6.92 Å². The lowest BCUT2D eigenvalue weighted by atomic mass is 10.5. The number of aromatic nitrogens is 3. The molecule has 6 nitrogen and oxygen atoms in total. The molecule has 0 aromatic carbocycles. The minimum Gasteiger partial charge on any atom is -0.368 e. The lowest BCUT2D eigenvalue weighted by Crippen LogP contribution is -2.26. The third kappa shape index (κ3) is 3.31. The van der Waals surface area contributed by atoms with Gasteiger partial charge in [-0.05, 0) is 12.1 Å². The maximum Gasteiger partial charge on any atom is 0.216 e. The summed E-state index contributed by atoms with van der Waals surface area (Å²) in [6.07, 6.45) is 5.35. The second-order valence-electron chi connectivity index (χ2n) is 3.76. The second-order valence-corrected chi connectivity index (χ2v) is 3.76. The van der Waals surface area contributed by atoms with Crippen LogP contribution in [-0.4, -0.2) is 33.5 Å². The van der Waals surface area contributed by atoms with Crippen molar-refractivity contribution in [3.05, 3.63) is 36.9 Å². The summed E-state index contributed by atoms with van der Waals surface area (Å²) in [5, 5.41) is 5.83. The molecule has 0 atom stereocenters. The third-order valence-corrected chi connectivity index (χ3v) is 2.33. The molecule has 18 heavy (non-hydrogen) atoms. The zero-order chi connectivity index (χ0) is 12.8. The Balaban J connectivity index is 1.94. The monoisotopic (exact) mass is 245 g/mol. The summed E-state index contributed by atoms with van der Waals surface area (Å²) in [6, 6.07) is 5.73. The van der Waals surface area contributed by atoms with Crippen LogP contribution in [-0.2, 0) is 4.79 Å². The highest BCUT2D eigenvalue weighted by Gasteiger charge is 1.99. The molecule has 0 aliphatic rings. The number of carbonyl (C=O) groups is 1. The fourth-order valence-electron chi connectivity index (χ4n) is 1.50. The van der Waals surface area contributed by atoms with Crippen molar-refractivity contribution >= 4 is 11.7 Å². The Labute approximate surface area is 105 Å². The van der Waals surface area contributed by atoms with E-state index in [9.17, 15) is 4.79 Å². The Morgan fingerprint density at radius 2 is 2.06 bits per heavy atom. The first kappa shape index (κ1) is 12.1. The van der Waals surface area contributed by atoms with Crippen LogP contribution in [0.4, 0.5) is 5.82 Å². The molecule has 2 aromatic rings. The zero-order valence-corrected chi connectivity index (χ0v) is 10.1. The molecule has 0 fully saturated rings. The fraction of sp³-hybridized carbons (Fsp3) is 0.250. The minimum absolute atomic E-state index is 0.0347. The molecule has 1 amide bonds. The van der Waals surface area contributed by atoms with E-state index < -0.39 is 0 Å². The average molecular weight is 245 g/mol. The number of anilines is 1. The van der Waals surface area contributed by atoms with E-state index in [1.807, 2.05) is 35.2 Å². The molecule has 0 unspecified atom stereocenters. The fourth-order valence-corrected chi connectivity index (χ4v) is 1.50. The standard InChI is InChI=1S/C12H15N5O/c1-10(18)13-4-5-14-11-8-12(16-9-15-11)17-6-2-3-7-17/h2-3,6-9H,4-5H2,1H3,(H,13,18)(H,14,15,16). The molecule has 0 aliphatic carbocycles. The van der Waals surface area contributed by atoms with E-state index in [2.05, 4.69) is 20.6 Å². The number of amides is 1. The van der Waals surface area contributed by atoms with Gasteiger partial charge in [-0.15, -0.1) is 0 Å². The largest absolute Gasteiger partial charge is 0.368 e. The van der Waals surface area contributed by atoms with Crippen LogP contribution >= 0.6 is 0 Å². The van der Waals surface area contributed by atoms with Gasteiger partial charge in [0.1, 0.15) is 18.0 Å². The Hall–Kier alpha value is -2.37. The number of hydrogen-bond acceptors (Lipinski definition) is 4. The summed E-state index contributed by atoms with van der Waals surface area (Å²) in [4.78, 5) is 19.0. The van der Waals surface area contributed by atoms with Gasteiger partial charge in [-0.1, -0.05) is 0 Å². The van der Waals surface area contributed by atoms with Crippen LogP contribution in [0.15, 0.2) is 36.9 Å². The van der Waals surface area contributed by atoms with Crippen molar-refractivity contribution in [1.29, 1.82) is 0 Å². The van der Waals surface area contributed by atoms with E-state index in [0.29, 0.717) is 13.1 Å². The molecule has 94 valence electrons. The van der Waals surface area contributed by atoms with E-state index in [1.54, 1.807) is 0 Å². The van der Waals surface area contributed by atoms with Crippen molar-refractivity contribution in [3.63, 3.8) is 0 Å². The Bertz CT molecular complexity index is 509. The van der Waals surface area contributed by atoms with Gasteiger partial charge in [-0.25, -0.2) is 9.97 Å². The van der Waals surface area contributed by atoms with E-state index in [1.165, 1.54) is 13.3 Å². The van der Waals surface area contributed by atoms with Crippen LogP contribution < -0.4 is 10.6 Å². The molecule has 2 rings (SSSR count). The van der Waals surface area contributed by atoms with Crippen LogP contribution in [0.5, 0.6) is 0 Å². The molecule has 0 saturated heterocycles. The highest BCUT2D eigenvalue weighted by atomic mass is 16.1. The summed E-state index contributed by atoms with van der Waals surface area (Å²) in [7, 11) is 0. The minimum atomic E-state index is -0.0347. The van der Waals surface area contributed by atoms with E-state index in [0.717, 1.165) is 11.6 Å². The van der Waals surface area contributed by atoms with Gasteiger partial charge < -0.3 is 15.2 Å². The van der Waals surface area contributed by atoms with E-state index in [-0.39, 0.29) is 5.91 Å². The Kier molecular flexibility index (Phi) is 3.90. The SMILES string of the molecule is CC(=O)NCCNc1cc(-n2cccc2)ncn1. The number of nitrogens with one attached hydrogen (secondary N) is 2. The molecule has 0 saturated carbocycles. The van der Waals surface area contributed by atoms with Gasteiger partial charge in [0.25, 0.3) is 0 Å². The smallest absolute Gasteiger partial charge is 0.216 e. The van der Waals surface area contributed by atoms with Crippen molar-refractivity contribution in [1.82, 2.24) is 19.9 Å². The molecule has 0 radical (unpaired) electrons. The number of nitrogens with zero attached hydrogens (tertiary/aromatic N) is 3. The molecular weight excluding hydrogens is 230 g/mol. The molecule has 0 bridgehead atoms. The molecule has 6 heteroatoms. The van der Waals surface area contributed by atoms with Gasteiger partial charge in [0, 0.05) is 38.5 Å². The van der Waals surface area contributed by atoms with Gasteiger partial charge in [0.2, 0.25) is 5.91 Å². The summed E-state index contributed by atoms with van der Waals surface area (Å²) in [5.41, 5.74) is 0. The topological polar surface area (TPSA) is 71.8 Å². The summed E-state index contributed by atoms with van der Waals surface area (Å²) in [6.45, 7) is 2.69. The van der Waals surface area contributed by atoms with Crippen molar-refractivity contribution < 1.29 is 4.79 Å². The van der Waals surface area contributed by atoms with Crippen LogP contribution in [0.25, 0.3) is 5.82 Å². The predicted molar refractivity (Wildman–Crippen MR) is 68.5 cm³/mol. The first-order valence-electron chi connectivity index (χ1n) is 5.69. The quantitative estimate of drug-likeness (QED) is 0.765. The molecule has 0 spiro atoms. The zero-order valence-electron chi connectivity index (χ0n) is 10.1. The van der Waals surface area contributed by atoms with Crippen molar-refractivity contribution in [2.75, 3.05) is 18.4 Å². The van der Waals surface area contributed by atoms with Crippen LogP contribution in [0.2, 0.25) is 0 Å². The highest BCUT2D eigenvalue weighted by Crippen LogP contribution is 2.08. The van der Waals surface area contributed by atoms with Gasteiger partial charge in [0.15, 0.2) is 0 Å². The first-order chi connectivity index (χ1) is 8.75. The lowest BCUT2D eigenvalue weighted by molar-refractivity contribution is -0.118. The molecule has 2 N–H and O–H groups in total. The highest BCUT2D eigenvalue weighted by molar-refractivity contribution is 5.72. The van der Waals surface area contributed by atoms with Crippen molar-refractivity contribution in [2.24, 2.45) is 0 Å². The lowest BCUT2D eigenvalue weighted by Gasteiger charge is -2.07. The van der Waals surface area contributed by atoms with Gasteiger partial charge in [0.05, 0.1) is 0 Å². The van der Waals surface area contributed by atoms with Gasteiger partial charge >= 0.3 is 0 Å². The maximum atomic E-state index is 10.7. The molecule has 2 heterocycles. The number of hydrogen-bond donors (Lipinski definition) is 2. The summed E-state index contributed by atoms with van der Waals surface area (Å²) in [5.74, 6) is 1.50. The molecule has 2 aromatic heterocycles. The predicted octanol–water partition coefficient (Wildman–Crippen LogP) is 0.815. The second kappa shape index (κ2) is 5.81. The summed E-state index contributed by atoms with van der Waals surface area (Å²) >= 11 is 0. The van der Waals surface area contributed by atoms with E-state index in [4.69, 9.17) is 0 Å². The van der Waals surface area contributed by atoms with Crippen LogP contribution in [0.3, 0.4) is 0 Å². The third-order valence-electron chi connectivity index (χ3n) is 2.33. The normalized spacial score (nSPS) is 10.1. The average Bonchev–Trinajstić information content (AvgIpc) is 2.89. The van der Waals surface area contributed by atoms with Gasteiger partial charge in [-0.2, -0.15) is 0 Å². The summed E-state index contributed by atoms with van der Waals surface area (Å²) < 4.78 is 1.90. The Morgan fingerprint density at radius 1 is 1.28 bits per heavy atom. The Morgan fingerprint density at radius 3 is 2.78 bits per heavy atom. The first-order valence-corrected chi connectivity index (χ1v) is 5.69. The number of carbonyl (C=O) groups excluding carboxylic acids is 1. The van der Waals surface area contributed by atoms with Crippen molar-refractivity contribution in [3.8, 4) is 5.82 Å². The number of rotatable bonds is 5. The van der Waals surface area contributed by atoms with Crippen LogP contribution in [0, 0.1) is 0 Å². The molecular formula is C12H15N5O.